The van der Waals surface area contributed by atoms with E-state index in [0.29, 0.717) is 30.4 Å². The van der Waals surface area contributed by atoms with Crippen molar-refractivity contribution < 1.29 is 19.5 Å². The molecule has 1 fully saturated rings. The van der Waals surface area contributed by atoms with Crippen LogP contribution < -0.4 is 0 Å². The first kappa shape index (κ1) is 11.9. The van der Waals surface area contributed by atoms with Gasteiger partial charge in [-0.3, -0.25) is 19.3 Å². The number of aliphatic carboxylic acids is 1. The first-order valence-corrected chi connectivity index (χ1v) is 6.29. The predicted molar refractivity (Wildman–Crippen MR) is 65.7 cm³/mol. The van der Waals surface area contributed by atoms with Crippen molar-refractivity contribution in [1.82, 2.24) is 4.90 Å². The SMILES string of the molecule is O=C(O)[C@@H]1CC[C@H](N2C(=O)c3ccccc3C2=O)C1. The second kappa shape index (κ2) is 4.19. The molecule has 2 atom stereocenters. The van der Waals surface area contributed by atoms with E-state index in [9.17, 15) is 14.4 Å². The van der Waals surface area contributed by atoms with Gasteiger partial charge in [0.1, 0.15) is 0 Å². The van der Waals surface area contributed by atoms with Crippen LogP contribution in [0.1, 0.15) is 40.0 Å². The Morgan fingerprint density at radius 2 is 1.68 bits per heavy atom. The fourth-order valence-corrected chi connectivity index (χ4v) is 2.96. The molecule has 1 aromatic rings. The van der Waals surface area contributed by atoms with Crippen LogP contribution in [0, 0.1) is 5.92 Å². The van der Waals surface area contributed by atoms with Crippen LogP contribution in [-0.2, 0) is 4.79 Å². The van der Waals surface area contributed by atoms with E-state index in [1.54, 1.807) is 24.3 Å². The highest BCUT2D eigenvalue weighted by molar-refractivity contribution is 6.21. The molecule has 2 aliphatic rings. The van der Waals surface area contributed by atoms with E-state index in [2.05, 4.69) is 0 Å². The number of imide groups is 1. The van der Waals surface area contributed by atoms with Crippen molar-refractivity contribution in [2.24, 2.45) is 5.92 Å². The lowest BCUT2D eigenvalue weighted by Gasteiger charge is -2.21. The standard InChI is InChI=1S/C14H13NO4/c16-12-10-3-1-2-4-11(10)13(17)15(12)9-6-5-8(7-9)14(18)19/h1-4,8-9H,5-7H2,(H,18,19)/t8-,9+/m1/s1. The summed E-state index contributed by atoms with van der Waals surface area (Å²) in [5, 5.41) is 8.99. The molecule has 3 rings (SSSR count). The highest BCUT2D eigenvalue weighted by Crippen LogP contribution is 2.34. The zero-order chi connectivity index (χ0) is 13.6. The molecule has 0 spiro atoms. The smallest absolute Gasteiger partial charge is 0.306 e. The molecule has 0 bridgehead atoms. The summed E-state index contributed by atoms with van der Waals surface area (Å²) >= 11 is 0. The number of carboxylic acids is 1. The van der Waals surface area contributed by atoms with Crippen LogP contribution in [0.5, 0.6) is 0 Å². The Kier molecular flexibility index (Phi) is 2.62. The minimum absolute atomic E-state index is 0.284. The molecule has 5 nitrogen and oxygen atoms in total. The van der Waals surface area contributed by atoms with Gasteiger partial charge in [0, 0.05) is 6.04 Å². The zero-order valence-corrected chi connectivity index (χ0v) is 10.2. The van der Waals surface area contributed by atoms with Gasteiger partial charge < -0.3 is 5.11 Å². The summed E-state index contributed by atoms with van der Waals surface area (Å²) in [6.45, 7) is 0. The normalized spacial score (nSPS) is 25.8. The summed E-state index contributed by atoms with van der Waals surface area (Å²) in [4.78, 5) is 36.7. The van der Waals surface area contributed by atoms with Gasteiger partial charge in [-0.05, 0) is 31.4 Å². The van der Waals surface area contributed by atoms with E-state index in [-0.39, 0.29) is 17.9 Å². The number of carbonyl (C=O) groups is 3. The number of hydrogen-bond acceptors (Lipinski definition) is 3. The molecule has 2 amide bonds. The summed E-state index contributed by atoms with van der Waals surface area (Å²) < 4.78 is 0. The summed E-state index contributed by atoms with van der Waals surface area (Å²) in [5.74, 6) is -1.89. The van der Waals surface area contributed by atoms with Gasteiger partial charge in [0.2, 0.25) is 0 Å². The number of rotatable bonds is 2. The molecule has 5 heteroatoms. The molecule has 0 saturated heterocycles. The number of fused-ring (bicyclic) bond motifs is 1. The summed E-state index contributed by atoms with van der Waals surface area (Å²) in [6.07, 6.45) is 1.46. The molecule has 1 saturated carbocycles. The second-order valence-corrected chi connectivity index (χ2v) is 5.03. The van der Waals surface area contributed by atoms with Gasteiger partial charge in [-0.2, -0.15) is 0 Å². The third kappa shape index (κ3) is 1.73. The van der Waals surface area contributed by atoms with E-state index in [1.165, 1.54) is 4.90 Å². The number of carbonyl (C=O) groups excluding carboxylic acids is 2. The van der Waals surface area contributed by atoms with Crippen LogP contribution in [0.15, 0.2) is 24.3 Å². The average Bonchev–Trinajstić information content (AvgIpc) is 2.96. The molecule has 1 heterocycles. The molecule has 0 unspecified atom stereocenters. The van der Waals surface area contributed by atoms with Gasteiger partial charge in [-0.15, -0.1) is 0 Å². The van der Waals surface area contributed by atoms with Gasteiger partial charge in [0.25, 0.3) is 11.8 Å². The minimum atomic E-state index is -0.848. The van der Waals surface area contributed by atoms with E-state index in [1.807, 2.05) is 0 Å². The predicted octanol–water partition coefficient (Wildman–Crippen LogP) is 1.54. The maximum atomic E-state index is 12.2. The Bertz CT molecular complexity index is 546. The molecule has 1 aliphatic heterocycles. The Morgan fingerprint density at radius 3 is 2.16 bits per heavy atom. The van der Waals surface area contributed by atoms with Crippen LogP contribution in [-0.4, -0.2) is 33.8 Å². The molecule has 1 N–H and O–H groups in total. The van der Waals surface area contributed by atoms with Crippen molar-refractivity contribution in [3.8, 4) is 0 Å². The van der Waals surface area contributed by atoms with Crippen molar-refractivity contribution in [3.63, 3.8) is 0 Å². The average molecular weight is 259 g/mol. The van der Waals surface area contributed by atoms with Crippen molar-refractivity contribution in [2.75, 3.05) is 0 Å². The molecule has 0 radical (unpaired) electrons. The molecule has 1 aliphatic carbocycles. The van der Waals surface area contributed by atoms with E-state index in [0.717, 1.165) is 0 Å². The van der Waals surface area contributed by atoms with E-state index in [4.69, 9.17) is 5.11 Å². The second-order valence-electron chi connectivity index (χ2n) is 5.03. The van der Waals surface area contributed by atoms with Gasteiger partial charge in [0.05, 0.1) is 17.0 Å². The fraction of sp³-hybridized carbons (Fsp3) is 0.357. The van der Waals surface area contributed by atoms with Crippen LogP contribution in [0.3, 0.4) is 0 Å². The lowest BCUT2D eigenvalue weighted by atomic mass is 10.1. The fourth-order valence-electron chi connectivity index (χ4n) is 2.96. The Morgan fingerprint density at radius 1 is 1.11 bits per heavy atom. The Hall–Kier alpha value is -2.17. The largest absolute Gasteiger partial charge is 0.481 e. The van der Waals surface area contributed by atoms with Crippen LogP contribution in [0.4, 0.5) is 0 Å². The molecule has 1 aromatic carbocycles. The van der Waals surface area contributed by atoms with Crippen LogP contribution in [0.2, 0.25) is 0 Å². The Labute approximate surface area is 109 Å². The summed E-state index contributed by atoms with van der Waals surface area (Å²) in [5.41, 5.74) is 0.845. The molecular formula is C14H13NO4. The zero-order valence-electron chi connectivity index (χ0n) is 10.2. The van der Waals surface area contributed by atoms with Crippen LogP contribution in [0.25, 0.3) is 0 Å². The third-order valence-electron chi connectivity index (χ3n) is 3.94. The minimum Gasteiger partial charge on any atom is -0.481 e. The maximum Gasteiger partial charge on any atom is 0.306 e. The number of amides is 2. The first-order valence-electron chi connectivity index (χ1n) is 6.29. The molecule has 0 aromatic heterocycles. The monoisotopic (exact) mass is 259 g/mol. The topological polar surface area (TPSA) is 74.7 Å². The highest BCUT2D eigenvalue weighted by atomic mass is 16.4. The van der Waals surface area contributed by atoms with Gasteiger partial charge in [-0.25, -0.2) is 0 Å². The van der Waals surface area contributed by atoms with Crippen molar-refractivity contribution in [1.29, 1.82) is 0 Å². The van der Waals surface area contributed by atoms with E-state index < -0.39 is 11.9 Å². The van der Waals surface area contributed by atoms with Gasteiger partial charge >= 0.3 is 5.97 Å². The maximum absolute atomic E-state index is 12.2. The molecule has 19 heavy (non-hydrogen) atoms. The number of benzene rings is 1. The number of nitrogens with zero attached hydrogens (tertiary/aromatic N) is 1. The summed E-state index contributed by atoms with van der Waals surface area (Å²) in [7, 11) is 0. The highest BCUT2D eigenvalue weighted by Gasteiger charge is 2.43. The molecular weight excluding hydrogens is 246 g/mol. The first-order chi connectivity index (χ1) is 9.09. The van der Waals surface area contributed by atoms with Crippen molar-refractivity contribution in [3.05, 3.63) is 35.4 Å². The lowest BCUT2D eigenvalue weighted by Crippen LogP contribution is -2.38. The number of carboxylic acid groups (broad SMARTS) is 1. The van der Waals surface area contributed by atoms with Crippen LogP contribution >= 0.6 is 0 Å². The quantitative estimate of drug-likeness (QED) is 0.817. The van der Waals surface area contributed by atoms with Crippen molar-refractivity contribution in [2.45, 2.75) is 25.3 Å². The number of hydrogen-bond donors (Lipinski definition) is 1. The third-order valence-corrected chi connectivity index (χ3v) is 3.94. The van der Waals surface area contributed by atoms with Gasteiger partial charge in [0.15, 0.2) is 0 Å². The van der Waals surface area contributed by atoms with Gasteiger partial charge in [-0.1, -0.05) is 12.1 Å². The molecule has 98 valence electrons. The lowest BCUT2D eigenvalue weighted by molar-refractivity contribution is -0.141. The van der Waals surface area contributed by atoms with Crippen molar-refractivity contribution >= 4 is 17.8 Å². The summed E-state index contributed by atoms with van der Waals surface area (Å²) in [6, 6.07) is 6.44. The Balaban J connectivity index is 1.87. The van der Waals surface area contributed by atoms with E-state index >= 15 is 0 Å².